The molecule has 17 heavy (non-hydrogen) atoms. The molecule has 2 rings (SSSR count). The van der Waals surface area contributed by atoms with Crippen molar-refractivity contribution in [2.24, 2.45) is 0 Å². The summed E-state index contributed by atoms with van der Waals surface area (Å²) in [6.07, 6.45) is 2.27. The van der Waals surface area contributed by atoms with Crippen LogP contribution in [0.4, 0.5) is 0 Å². The van der Waals surface area contributed by atoms with E-state index in [1.54, 1.807) is 7.11 Å². The van der Waals surface area contributed by atoms with Gasteiger partial charge in [0.05, 0.1) is 13.8 Å². The average molecular weight is 232 g/mol. The van der Waals surface area contributed by atoms with Crippen LogP contribution in [0.15, 0.2) is 29.8 Å². The molecule has 0 atom stereocenters. The Kier molecular flexibility index (Phi) is 3.82. The van der Waals surface area contributed by atoms with Crippen molar-refractivity contribution in [3.05, 3.63) is 35.4 Å². The van der Waals surface area contributed by atoms with Crippen molar-refractivity contribution in [1.29, 1.82) is 0 Å². The molecule has 1 fully saturated rings. The molecular weight excluding hydrogens is 212 g/mol. The smallest absolute Gasteiger partial charge is 0.118 e. The van der Waals surface area contributed by atoms with Crippen molar-refractivity contribution in [2.45, 2.75) is 0 Å². The van der Waals surface area contributed by atoms with E-state index < -0.39 is 0 Å². The fourth-order valence-electron chi connectivity index (χ4n) is 2.28. The van der Waals surface area contributed by atoms with Gasteiger partial charge in [0.25, 0.3) is 0 Å². The van der Waals surface area contributed by atoms with Gasteiger partial charge in [-0.3, -0.25) is 9.80 Å². The highest BCUT2D eigenvalue weighted by molar-refractivity contribution is 5.54. The Morgan fingerprint density at radius 2 is 1.65 bits per heavy atom. The van der Waals surface area contributed by atoms with Crippen molar-refractivity contribution in [1.82, 2.24) is 9.80 Å². The molecule has 1 aromatic rings. The van der Waals surface area contributed by atoms with E-state index in [1.807, 2.05) is 12.1 Å². The molecule has 3 nitrogen and oxygen atoms in total. The SMILES string of the molecule is COc1ccc(C=C2CN(C)CN(C)C2)cc1. The Hall–Kier alpha value is -1.32. The lowest BCUT2D eigenvalue weighted by Crippen LogP contribution is -2.41. The molecule has 0 unspecified atom stereocenters. The number of hydrogen-bond donors (Lipinski definition) is 0. The van der Waals surface area contributed by atoms with E-state index in [9.17, 15) is 0 Å². The summed E-state index contributed by atoms with van der Waals surface area (Å²) in [6.45, 7) is 3.15. The van der Waals surface area contributed by atoms with E-state index in [4.69, 9.17) is 4.74 Å². The number of hydrogen-bond acceptors (Lipinski definition) is 3. The van der Waals surface area contributed by atoms with Crippen LogP contribution in [0.5, 0.6) is 5.75 Å². The first-order valence-electron chi connectivity index (χ1n) is 5.88. The van der Waals surface area contributed by atoms with Crippen molar-refractivity contribution in [3.8, 4) is 5.75 Å². The third kappa shape index (κ3) is 3.32. The zero-order valence-electron chi connectivity index (χ0n) is 10.8. The molecule has 1 heterocycles. The van der Waals surface area contributed by atoms with Gasteiger partial charge in [0.1, 0.15) is 5.75 Å². The second-order valence-electron chi connectivity index (χ2n) is 4.75. The Morgan fingerprint density at radius 3 is 2.18 bits per heavy atom. The lowest BCUT2D eigenvalue weighted by Gasteiger charge is -2.32. The number of nitrogens with zero attached hydrogens (tertiary/aromatic N) is 2. The molecule has 0 spiro atoms. The summed E-state index contributed by atoms with van der Waals surface area (Å²) in [4.78, 5) is 4.64. The highest BCUT2D eigenvalue weighted by Gasteiger charge is 2.14. The van der Waals surface area contributed by atoms with E-state index in [-0.39, 0.29) is 0 Å². The van der Waals surface area contributed by atoms with Gasteiger partial charge in [-0.15, -0.1) is 0 Å². The standard InChI is InChI=1S/C14H20N2O/c1-15-9-13(10-16(2)11-15)8-12-4-6-14(17-3)7-5-12/h4-8H,9-11H2,1-3H3. The maximum Gasteiger partial charge on any atom is 0.118 e. The van der Waals surface area contributed by atoms with Gasteiger partial charge in [0.2, 0.25) is 0 Å². The van der Waals surface area contributed by atoms with Crippen LogP contribution >= 0.6 is 0 Å². The summed E-state index contributed by atoms with van der Waals surface area (Å²) in [5.74, 6) is 0.907. The molecule has 0 aliphatic carbocycles. The van der Waals surface area contributed by atoms with E-state index in [0.29, 0.717) is 0 Å². The van der Waals surface area contributed by atoms with Crippen molar-refractivity contribution >= 4 is 6.08 Å². The number of likely N-dealkylation sites (N-methyl/N-ethyl adjacent to an activating group) is 2. The molecule has 0 radical (unpaired) electrons. The third-order valence-corrected chi connectivity index (χ3v) is 2.92. The lowest BCUT2D eigenvalue weighted by molar-refractivity contribution is 0.170. The first-order valence-corrected chi connectivity index (χ1v) is 5.88. The predicted octanol–water partition coefficient (Wildman–Crippen LogP) is 1.91. The summed E-state index contributed by atoms with van der Waals surface area (Å²) >= 11 is 0. The molecule has 0 bridgehead atoms. The molecule has 1 aliphatic rings. The van der Waals surface area contributed by atoms with Crippen molar-refractivity contribution < 1.29 is 4.74 Å². The molecule has 1 saturated heterocycles. The monoisotopic (exact) mass is 232 g/mol. The summed E-state index contributed by atoms with van der Waals surface area (Å²) in [7, 11) is 5.99. The normalized spacial score (nSPS) is 18.2. The fourth-order valence-corrected chi connectivity index (χ4v) is 2.28. The predicted molar refractivity (Wildman–Crippen MR) is 71.1 cm³/mol. The van der Waals surface area contributed by atoms with Crippen LogP contribution in [-0.4, -0.2) is 50.8 Å². The molecule has 92 valence electrons. The molecule has 0 aromatic heterocycles. The molecule has 1 aliphatic heterocycles. The number of rotatable bonds is 2. The van der Waals surface area contributed by atoms with Gasteiger partial charge in [-0.05, 0) is 37.4 Å². The van der Waals surface area contributed by atoms with E-state index in [1.165, 1.54) is 11.1 Å². The van der Waals surface area contributed by atoms with Gasteiger partial charge in [-0.2, -0.15) is 0 Å². The zero-order valence-corrected chi connectivity index (χ0v) is 10.8. The van der Waals surface area contributed by atoms with Gasteiger partial charge in [0, 0.05) is 13.1 Å². The van der Waals surface area contributed by atoms with Gasteiger partial charge in [-0.1, -0.05) is 18.2 Å². The number of methoxy groups -OCH3 is 1. The minimum Gasteiger partial charge on any atom is -0.497 e. The summed E-state index contributed by atoms with van der Waals surface area (Å²) in [6, 6.07) is 8.20. The summed E-state index contributed by atoms with van der Waals surface area (Å²) in [5.41, 5.74) is 2.69. The van der Waals surface area contributed by atoms with Crippen molar-refractivity contribution in [3.63, 3.8) is 0 Å². The largest absolute Gasteiger partial charge is 0.497 e. The highest BCUT2D eigenvalue weighted by atomic mass is 16.5. The topological polar surface area (TPSA) is 15.7 Å². The molecule has 0 saturated carbocycles. The first-order chi connectivity index (χ1) is 8.17. The molecule has 0 N–H and O–H groups in total. The summed E-state index contributed by atoms with van der Waals surface area (Å²) < 4.78 is 5.16. The second kappa shape index (κ2) is 5.34. The van der Waals surface area contributed by atoms with Gasteiger partial charge < -0.3 is 4.74 Å². The third-order valence-electron chi connectivity index (χ3n) is 2.92. The number of benzene rings is 1. The second-order valence-corrected chi connectivity index (χ2v) is 4.75. The zero-order chi connectivity index (χ0) is 12.3. The minimum absolute atomic E-state index is 0.907. The van der Waals surface area contributed by atoms with E-state index >= 15 is 0 Å². The van der Waals surface area contributed by atoms with Crippen LogP contribution in [-0.2, 0) is 0 Å². The molecular formula is C14H20N2O. The van der Waals surface area contributed by atoms with Gasteiger partial charge >= 0.3 is 0 Å². The van der Waals surface area contributed by atoms with E-state index in [0.717, 1.165) is 25.5 Å². The maximum absolute atomic E-state index is 5.16. The quantitative estimate of drug-likeness (QED) is 0.774. The highest BCUT2D eigenvalue weighted by Crippen LogP contribution is 2.16. The summed E-state index contributed by atoms with van der Waals surface area (Å²) in [5, 5.41) is 0. The van der Waals surface area contributed by atoms with Crippen LogP contribution in [0.3, 0.4) is 0 Å². The maximum atomic E-state index is 5.16. The Labute approximate surface area is 103 Å². The van der Waals surface area contributed by atoms with Crippen LogP contribution in [0.25, 0.3) is 6.08 Å². The van der Waals surface area contributed by atoms with Gasteiger partial charge in [0.15, 0.2) is 0 Å². The van der Waals surface area contributed by atoms with E-state index in [2.05, 4.69) is 42.1 Å². The molecule has 1 aromatic carbocycles. The Bertz CT molecular complexity index is 385. The minimum atomic E-state index is 0.907. The van der Waals surface area contributed by atoms with Crippen molar-refractivity contribution in [2.75, 3.05) is 41.0 Å². The van der Waals surface area contributed by atoms with Crippen LogP contribution in [0, 0.1) is 0 Å². The molecule has 0 amide bonds. The average Bonchev–Trinajstić information content (AvgIpc) is 2.28. The fraction of sp³-hybridized carbons (Fsp3) is 0.429. The molecule has 3 heteroatoms. The number of ether oxygens (including phenoxy) is 1. The Morgan fingerprint density at radius 1 is 1.06 bits per heavy atom. The van der Waals surface area contributed by atoms with Gasteiger partial charge in [-0.25, -0.2) is 0 Å². The van der Waals surface area contributed by atoms with Crippen LogP contribution in [0.2, 0.25) is 0 Å². The lowest BCUT2D eigenvalue weighted by atomic mass is 10.1. The van der Waals surface area contributed by atoms with Crippen LogP contribution in [0.1, 0.15) is 5.56 Å². The first kappa shape index (κ1) is 12.1. The Balaban J connectivity index is 2.11. The van der Waals surface area contributed by atoms with Crippen LogP contribution < -0.4 is 4.74 Å².